The summed E-state index contributed by atoms with van der Waals surface area (Å²) in [5.41, 5.74) is -0.570. The van der Waals surface area contributed by atoms with E-state index in [1.54, 1.807) is 74.1 Å². The Morgan fingerprint density at radius 1 is 1.14 bits per heavy atom. The van der Waals surface area contributed by atoms with Crippen LogP contribution in [0, 0.1) is 17.8 Å². The molecule has 2 aliphatic rings. The number of aromatic nitrogens is 3. The van der Waals surface area contributed by atoms with Crippen LogP contribution < -0.4 is 10.1 Å². The molecule has 8 nitrogen and oxygen atoms in total. The Bertz CT molecular complexity index is 1610. The second-order valence-electron chi connectivity index (χ2n) is 9.59. The van der Waals surface area contributed by atoms with Gasteiger partial charge in [0.05, 0.1) is 0 Å². The molecule has 0 aliphatic carbocycles. The Morgan fingerprint density at radius 2 is 1.97 bits per heavy atom. The first kappa shape index (κ1) is 22.8. The van der Waals surface area contributed by atoms with Crippen molar-refractivity contribution in [2.75, 3.05) is 0 Å². The maximum absolute atomic E-state index is 15.0. The summed E-state index contributed by atoms with van der Waals surface area (Å²) in [5, 5.41) is 2.68. The molecule has 0 saturated heterocycles. The highest BCUT2D eigenvalue weighted by molar-refractivity contribution is 5.98. The van der Waals surface area contributed by atoms with Gasteiger partial charge in [0.25, 0.3) is 0 Å². The highest BCUT2D eigenvalue weighted by Gasteiger charge is 2.52. The molecule has 0 saturated carbocycles. The number of alkyl carbamates (subject to hydrolysis) is 1. The van der Waals surface area contributed by atoms with Crippen LogP contribution in [0.1, 0.15) is 37.7 Å². The van der Waals surface area contributed by atoms with Gasteiger partial charge in [-0.3, -0.25) is 9.88 Å². The number of carbonyl (C=O) groups excluding carboxylic acids is 1. The smallest absolute Gasteiger partial charge is 0.414 e. The van der Waals surface area contributed by atoms with Gasteiger partial charge in [-0.25, -0.2) is 24.1 Å². The molecule has 4 aromatic rings. The molecule has 1 N–H and O–H groups in total. The average molecular weight is 500 g/mol. The van der Waals surface area contributed by atoms with Crippen molar-refractivity contribution < 1.29 is 23.0 Å². The number of amides is 1. The van der Waals surface area contributed by atoms with Crippen LogP contribution in [0.3, 0.4) is 0 Å². The number of rotatable bonds is 1. The molecule has 0 bridgehead atoms. The molecule has 10 heteroatoms. The SMILES string of the molecule is CC(C)(C)OC(=O)NC1=NC2(c3cc(-c4cccnc4F)ccc3Oc3c(F)c[c]cc32)c2nccn21. The molecule has 6 rings (SSSR count). The standard InChI is InChI=1S/C27H20F2N5O3/c1-26(2,3)37-25(35)32-24-33-27(23-31-12-13-34(23)24)17-7-4-8-19(28)21(17)36-20-10-9-15(14-18(20)27)16-6-5-11-30-22(16)29/h5-14H,1-3H3,(H,32,33,35). The Kier molecular flexibility index (Phi) is 4.91. The highest BCUT2D eigenvalue weighted by Crippen LogP contribution is 2.55. The minimum Gasteiger partial charge on any atom is -0.453 e. The molecule has 2 aromatic heterocycles. The third kappa shape index (κ3) is 3.55. The number of hydrogen-bond acceptors (Lipinski definition) is 6. The quantitative estimate of drug-likeness (QED) is 0.365. The van der Waals surface area contributed by atoms with Crippen LogP contribution in [0.2, 0.25) is 0 Å². The van der Waals surface area contributed by atoms with Crippen molar-refractivity contribution in [2.24, 2.45) is 4.99 Å². The van der Waals surface area contributed by atoms with Gasteiger partial charge in [-0.2, -0.15) is 4.39 Å². The van der Waals surface area contributed by atoms with Crippen LogP contribution in [-0.2, 0) is 10.3 Å². The number of nitrogens with zero attached hydrogens (tertiary/aromatic N) is 4. The van der Waals surface area contributed by atoms with Crippen LogP contribution in [0.15, 0.2) is 66.0 Å². The Morgan fingerprint density at radius 3 is 2.76 bits per heavy atom. The molecule has 1 amide bonds. The van der Waals surface area contributed by atoms with E-state index in [-0.39, 0.29) is 17.3 Å². The number of pyridine rings is 1. The molecule has 37 heavy (non-hydrogen) atoms. The number of nitrogens with one attached hydrogen (secondary N) is 1. The lowest BCUT2D eigenvalue weighted by Gasteiger charge is -2.34. The Hall–Kier alpha value is -4.60. The molecule has 1 unspecified atom stereocenters. The van der Waals surface area contributed by atoms with Gasteiger partial charge < -0.3 is 9.47 Å². The summed E-state index contributed by atoms with van der Waals surface area (Å²) in [6.45, 7) is 5.24. The van der Waals surface area contributed by atoms with Crippen molar-refractivity contribution in [1.82, 2.24) is 19.9 Å². The predicted molar refractivity (Wildman–Crippen MR) is 129 cm³/mol. The van der Waals surface area contributed by atoms with Crippen molar-refractivity contribution >= 4 is 12.1 Å². The Balaban J connectivity index is 1.59. The van der Waals surface area contributed by atoms with Crippen LogP contribution in [-0.4, -0.2) is 32.2 Å². The topological polar surface area (TPSA) is 90.6 Å². The van der Waals surface area contributed by atoms with Gasteiger partial charge >= 0.3 is 6.09 Å². The maximum Gasteiger partial charge on any atom is 0.414 e. The van der Waals surface area contributed by atoms with Gasteiger partial charge in [0.2, 0.25) is 11.9 Å². The normalized spacial score (nSPS) is 17.4. The second-order valence-corrected chi connectivity index (χ2v) is 9.59. The molecule has 0 fully saturated rings. The first-order valence-electron chi connectivity index (χ1n) is 11.4. The molecule has 1 radical (unpaired) electrons. The minimum atomic E-state index is -1.43. The monoisotopic (exact) mass is 500 g/mol. The summed E-state index contributed by atoms with van der Waals surface area (Å²) in [5.74, 6) is -0.496. The molecule has 4 heterocycles. The number of fused-ring (bicyclic) bond motifs is 6. The van der Waals surface area contributed by atoms with Gasteiger partial charge in [0.15, 0.2) is 22.9 Å². The van der Waals surface area contributed by atoms with E-state index in [2.05, 4.69) is 21.4 Å². The molecular formula is C27H20F2N5O3. The van der Waals surface area contributed by atoms with Gasteiger partial charge in [0, 0.05) is 35.3 Å². The van der Waals surface area contributed by atoms with Crippen molar-refractivity contribution in [3.8, 4) is 22.6 Å². The Labute approximate surface area is 210 Å². The van der Waals surface area contributed by atoms with Gasteiger partial charge in [-0.05, 0) is 68.8 Å². The fourth-order valence-electron chi connectivity index (χ4n) is 4.61. The number of ether oxygens (including phenoxy) is 2. The first-order valence-corrected chi connectivity index (χ1v) is 11.4. The number of hydrogen-bond donors (Lipinski definition) is 1. The van der Waals surface area contributed by atoms with Crippen molar-refractivity contribution in [3.63, 3.8) is 0 Å². The molecule has 1 atom stereocenters. The summed E-state index contributed by atoms with van der Waals surface area (Å²) in [6, 6.07) is 13.8. The lowest BCUT2D eigenvalue weighted by Crippen LogP contribution is -2.38. The van der Waals surface area contributed by atoms with Crippen molar-refractivity contribution in [2.45, 2.75) is 31.9 Å². The van der Waals surface area contributed by atoms with Gasteiger partial charge in [0.1, 0.15) is 11.4 Å². The van der Waals surface area contributed by atoms with E-state index in [4.69, 9.17) is 14.5 Å². The van der Waals surface area contributed by atoms with E-state index in [0.29, 0.717) is 28.3 Å². The highest BCUT2D eigenvalue weighted by atomic mass is 19.1. The first-order chi connectivity index (χ1) is 17.7. The van der Waals surface area contributed by atoms with Crippen molar-refractivity contribution in [1.29, 1.82) is 0 Å². The third-order valence-electron chi connectivity index (χ3n) is 6.02. The summed E-state index contributed by atoms with van der Waals surface area (Å²) in [4.78, 5) is 25.8. The largest absolute Gasteiger partial charge is 0.453 e. The van der Waals surface area contributed by atoms with Crippen molar-refractivity contribution in [3.05, 3.63) is 95.8 Å². The van der Waals surface area contributed by atoms with E-state index in [1.807, 2.05) is 0 Å². The lowest BCUT2D eigenvalue weighted by molar-refractivity contribution is 0.0561. The second kappa shape index (κ2) is 7.95. The van der Waals surface area contributed by atoms with E-state index in [0.717, 1.165) is 0 Å². The van der Waals surface area contributed by atoms with Crippen LogP contribution >= 0.6 is 0 Å². The lowest BCUT2D eigenvalue weighted by atomic mass is 9.79. The number of aliphatic imine (C=N–C) groups is 1. The van der Waals surface area contributed by atoms with Crippen LogP contribution in [0.5, 0.6) is 11.5 Å². The van der Waals surface area contributed by atoms with E-state index in [9.17, 15) is 9.18 Å². The summed E-state index contributed by atoms with van der Waals surface area (Å²) in [6.07, 6.45) is 3.82. The van der Waals surface area contributed by atoms with Crippen LogP contribution in [0.4, 0.5) is 13.6 Å². The third-order valence-corrected chi connectivity index (χ3v) is 6.02. The van der Waals surface area contributed by atoms with E-state index < -0.39 is 29.0 Å². The number of imidazole rings is 1. The summed E-state index contributed by atoms with van der Waals surface area (Å²) >= 11 is 0. The fraction of sp³-hybridized carbons (Fsp3) is 0.185. The minimum absolute atomic E-state index is 0.0385. The predicted octanol–water partition coefficient (Wildman–Crippen LogP) is 5.16. The van der Waals surface area contributed by atoms with E-state index >= 15 is 4.39 Å². The zero-order valence-electron chi connectivity index (χ0n) is 20.0. The van der Waals surface area contributed by atoms with Crippen LogP contribution in [0.25, 0.3) is 11.1 Å². The number of halogens is 2. The zero-order chi connectivity index (χ0) is 25.9. The molecular weight excluding hydrogens is 480 g/mol. The fourth-order valence-corrected chi connectivity index (χ4v) is 4.61. The summed E-state index contributed by atoms with van der Waals surface area (Å²) < 4.78 is 42.6. The van der Waals surface area contributed by atoms with E-state index in [1.165, 1.54) is 12.3 Å². The molecule has 2 aliphatic heterocycles. The molecule has 185 valence electrons. The van der Waals surface area contributed by atoms with Gasteiger partial charge in [-0.1, -0.05) is 6.07 Å². The molecule has 1 spiro atoms. The number of benzene rings is 2. The number of carbonyl (C=O) groups is 1. The summed E-state index contributed by atoms with van der Waals surface area (Å²) in [7, 11) is 0. The average Bonchev–Trinajstić information content (AvgIpc) is 3.43. The zero-order valence-corrected chi connectivity index (χ0v) is 20.0. The molecule has 2 aromatic carbocycles. The van der Waals surface area contributed by atoms with Gasteiger partial charge in [-0.15, -0.1) is 0 Å². The maximum atomic E-state index is 15.0.